The minimum atomic E-state index is -3.72. The standard InChI is InChI=1S/C23H22N4O3S/c1-16-22(31(28,29)27-13-12-18-8-6-7-11-21(18)27)17(2)26(25-16)14-20-15-30-23(24-20)19-9-4-3-5-10-19/h3-11,15H,12-14H2,1-2H3. The number of hydrogen-bond donors (Lipinski definition) is 0. The summed E-state index contributed by atoms with van der Waals surface area (Å²) in [6, 6.07) is 17.3. The Labute approximate surface area is 181 Å². The highest BCUT2D eigenvalue weighted by Gasteiger charge is 2.35. The molecule has 8 heteroatoms. The maximum Gasteiger partial charge on any atom is 0.268 e. The molecule has 0 N–H and O–H groups in total. The van der Waals surface area contributed by atoms with E-state index < -0.39 is 10.0 Å². The molecule has 0 spiro atoms. The maximum absolute atomic E-state index is 13.5. The molecular weight excluding hydrogens is 412 g/mol. The first-order valence-corrected chi connectivity index (χ1v) is 11.5. The first kappa shape index (κ1) is 19.6. The van der Waals surface area contributed by atoms with Crippen LogP contribution in [-0.2, 0) is 23.0 Å². The van der Waals surface area contributed by atoms with Crippen molar-refractivity contribution in [3.63, 3.8) is 0 Å². The van der Waals surface area contributed by atoms with Crippen LogP contribution in [-0.4, -0.2) is 29.7 Å². The molecule has 5 rings (SSSR count). The quantitative estimate of drug-likeness (QED) is 0.475. The minimum Gasteiger partial charge on any atom is -0.444 e. The number of hydrogen-bond acceptors (Lipinski definition) is 5. The fourth-order valence-corrected chi connectivity index (χ4v) is 6.00. The Kier molecular flexibility index (Phi) is 4.66. The molecule has 1 aliphatic heterocycles. The van der Waals surface area contributed by atoms with E-state index in [1.54, 1.807) is 24.8 Å². The van der Waals surface area contributed by atoms with Gasteiger partial charge in [0.2, 0.25) is 5.89 Å². The van der Waals surface area contributed by atoms with E-state index in [-0.39, 0.29) is 4.90 Å². The van der Waals surface area contributed by atoms with Gasteiger partial charge in [-0.3, -0.25) is 8.99 Å². The van der Waals surface area contributed by atoms with Gasteiger partial charge in [-0.1, -0.05) is 36.4 Å². The molecule has 1 aliphatic rings. The molecule has 3 heterocycles. The van der Waals surface area contributed by atoms with Gasteiger partial charge in [0.1, 0.15) is 16.9 Å². The predicted octanol–water partition coefficient (Wildman–Crippen LogP) is 3.95. The Morgan fingerprint density at radius 2 is 1.77 bits per heavy atom. The Bertz CT molecular complexity index is 1360. The molecule has 158 valence electrons. The lowest BCUT2D eigenvalue weighted by Crippen LogP contribution is -2.30. The number of fused-ring (bicyclic) bond motifs is 1. The largest absolute Gasteiger partial charge is 0.444 e. The van der Waals surface area contributed by atoms with Crippen LogP contribution in [0.5, 0.6) is 0 Å². The summed E-state index contributed by atoms with van der Waals surface area (Å²) in [4.78, 5) is 4.80. The zero-order chi connectivity index (χ0) is 21.6. The predicted molar refractivity (Wildman–Crippen MR) is 117 cm³/mol. The number of sulfonamides is 1. The summed E-state index contributed by atoms with van der Waals surface area (Å²) in [6.07, 6.45) is 2.30. The van der Waals surface area contributed by atoms with Crippen LogP contribution in [0.2, 0.25) is 0 Å². The van der Waals surface area contributed by atoms with E-state index in [0.29, 0.717) is 42.5 Å². The van der Waals surface area contributed by atoms with E-state index in [9.17, 15) is 8.42 Å². The Hall–Kier alpha value is -3.39. The van der Waals surface area contributed by atoms with Gasteiger partial charge in [0.05, 0.1) is 23.6 Å². The van der Waals surface area contributed by atoms with Crippen molar-refractivity contribution in [3.05, 3.63) is 83.5 Å². The third-order valence-electron chi connectivity index (χ3n) is 5.59. The summed E-state index contributed by atoms with van der Waals surface area (Å²) in [7, 11) is -3.72. The lowest BCUT2D eigenvalue weighted by atomic mass is 10.2. The lowest BCUT2D eigenvalue weighted by molar-refractivity contribution is 0.568. The van der Waals surface area contributed by atoms with Crippen LogP contribution in [0.15, 0.2) is 70.2 Å². The highest BCUT2D eigenvalue weighted by atomic mass is 32.2. The number of benzene rings is 2. The fourth-order valence-electron chi connectivity index (χ4n) is 4.12. The van der Waals surface area contributed by atoms with E-state index >= 15 is 0 Å². The molecule has 2 aromatic heterocycles. The summed E-state index contributed by atoms with van der Waals surface area (Å²) < 4.78 is 35.8. The fraction of sp³-hybridized carbons (Fsp3) is 0.217. The van der Waals surface area contributed by atoms with Gasteiger partial charge in [0.25, 0.3) is 10.0 Å². The Morgan fingerprint density at radius 3 is 2.58 bits per heavy atom. The van der Waals surface area contributed by atoms with Crippen molar-refractivity contribution in [1.29, 1.82) is 0 Å². The van der Waals surface area contributed by atoms with E-state index in [2.05, 4.69) is 10.1 Å². The smallest absolute Gasteiger partial charge is 0.268 e. The summed E-state index contributed by atoms with van der Waals surface area (Å²) in [5, 5.41) is 4.51. The van der Waals surface area contributed by atoms with E-state index in [1.165, 1.54) is 4.31 Å². The van der Waals surface area contributed by atoms with Crippen LogP contribution in [0, 0.1) is 13.8 Å². The molecular formula is C23H22N4O3S. The van der Waals surface area contributed by atoms with Crippen LogP contribution in [0.25, 0.3) is 11.5 Å². The molecule has 31 heavy (non-hydrogen) atoms. The number of rotatable bonds is 5. The lowest BCUT2D eigenvalue weighted by Gasteiger charge is -2.19. The molecule has 4 aromatic rings. The third-order valence-corrected chi connectivity index (χ3v) is 7.66. The monoisotopic (exact) mass is 434 g/mol. The van der Waals surface area contributed by atoms with Gasteiger partial charge in [0.15, 0.2) is 0 Å². The van der Waals surface area contributed by atoms with Crippen LogP contribution in [0.3, 0.4) is 0 Å². The van der Waals surface area contributed by atoms with Crippen molar-refractivity contribution in [3.8, 4) is 11.5 Å². The third kappa shape index (κ3) is 3.33. The number of aryl methyl sites for hydroxylation is 1. The van der Waals surface area contributed by atoms with Crippen LogP contribution in [0.4, 0.5) is 5.69 Å². The molecule has 0 radical (unpaired) electrons. The highest BCUT2D eigenvalue weighted by molar-refractivity contribution is 7.93. The highest BCUT2D eigenvalue weighted by Crippen LogP contribution is 2.34. The van der Waals surface area contributed by atoms with Gasteiger partial charge in [-0.2, -0.15) is 5.10 Å². The number of oxazole rings is 1. The van der Waals surface area contributed by atoms with Crippen molar-refractivity contribution in [2.75, 3.05) is 10.8 Å². The number of aromatic nitrogens is 3. The topological polar surface area (TPSA) is 81.2 Å². The van der Waals surface area contributed by atoms with E-state index in [1.807, 2.05) is 54.6 Å². The van der Waals surface area contributed by atoms with Crippen molar-refractivity contribution in [2.24, 2.45) is 0 Å². The zero-order valence-corrected chi connectivity index (χ0v) is 18.1. The normalized spacial score (nSPS) is 13.5. The van der Waals surface area contributed by atoms with Gasteiger partial charge >= 0.3 is 0 Å². The summed E-state index contributed by atoms with van der Waals surface area (Å²) in [5.41, 5.74) is 4.43. The molecule has 7 nitrogen and oxygen atoms in total. The van der Waals surface area contributed by atoms with Crippen molar-refractivity contribution < 1.29 is 12.8 Å². The number of para-hydroxylation sites is 1. The summed E-state index contributed by atoms with van der Waals surface area (Å²) in [6.45, 7) is 4.29. The van der Waals surface area contributed by atoms with E-state index in [0.717, 1.165) is 16.8 Å². The van der Waals surface area contributed by atoms with Crippen molar-refractivity contribution in [1.82, 2.24) is 14.8 Å². The van der Waals surface area contributed by atoms with E-state index in [4.69, 9.17) is 4.42 Å². The van der Waals surface area contributed by atoms with Gasteiger partial charge < -0.3 is 4.42 Å². The molecule has 0 aliphatic carbocycles. The van der Waals surface area contributed by atoms with Gasteiger partial charge in [-0.15, -0.1) is 0 Å². The zero-order valence-electron chi connectivity index (χ0n) is 17.3. The Balaban J connectivity index is 1.46. The van der Waals surface area contributed by atoms with Crippen LogP contribution >= 0.6 is 0 Å². The first-order valence-electron chi connectivity index (χ1n) is 10.1. The molecule has 2 aromatic carbocycles. The first-order chi connectivity index (χ1) is 14.9. The molecule has 0 amide bonds. The molecule has 0 atom stereocenters. The summed E-state index contributed by atoms with van der Waals surface area (Å²) in [5.74, 6) is 0.527. The van der Waals surface area contributed by atoms with Gasteiger partial charge in [-0.25, -0.2) is 13.4 Å². The molecule has 0 unspecified atom stereocenters. The second-order valence-corrected chi connectivity index (χ2v) is 9.42. The average molecular weight is 435 g/mol. The molecule has 0 saturated heterocycles. The van der Waals surface area contributed by atoms with Crippen molar-refractivity contribution in [2.45, 2.75) is 31.7 Å². The number of nitrogens with zero attached hydrogens (tertiary/aromatic N) is 4. The second-order valence-electron chi connectivity index (χ2n) is 7.62. The minimum absolute atomic E-state index is 0.260. The van der Waals surface area contributed by atoms with Gasteiger partial charge in [0, 0.05) is 12.1 Å². The molecule has 0 bridgehead atoms. The molecule has 0 fully saturated rings. The maximum atomic E-state index is 13.5. The van der Waals surface area contributed by atoms with Gasteiger partial charge in [-0.05, 0) is 44.0 Å². The van der Waals surface area contributed by atoms with Crippen LogP contribution < -0.4 is 4.31 Å². The molecule has 0 saturated carbocycles. The number of anilines is 1. The van der Waals surface area contributed by atoms with Crippen LogP contribution in [0.1, 0.15) is 22.6 Å². The summed E-state index contributed by atoms with van der Waals surface area (Å²) >= 11 is 0. The second kappa shape index (κ2) is 7.39. The van der Waals surface area contributed by atoms with Crippen molar-refractivity contribution >= 4 is 15.7 Å². The Morgan fingerprint density at radius 1 is 1.03 bits per heavy atom. The SMILES string of the molecule is Cc1nn(Cc2coc(-c3ccccc3)n2)c(C)c1S(=O)(=O)N1CCc2ccccc21. The average Bonchev–Trinajstić information content (AvgIpc) is 3.47.